The van der Waals surface area contributed by atoms with Crippen LogP contribution in [0, 0.1) is 0 Å². The highest BCUT2D eigenvalue weighted by Gasteiger charge is 2.16. The van der Waals surface area contributed by atoms with E-state index in [1.165, 1.54) is 0 Å². The number of hydrogen-bond acceptors (Lipinski definition) is 3. The number of aliphatic hydroxyl groups excluding tert-OH is 1. The van der Waals surface area contributed by atoms with Gasteiger partial charge in [-0.2, -0.15) is 0 Å². The molecule has 2 rings (SSSR count). The van der Waals surface area contributed by atoms with Crippen LogP contribution in [0.15, 0.2) is 6.20 Å². The smallest absolute Gasteiger partial charge is 0.109 e. The van der Waals surface area contributed by atoms with Crippen LogP contribution in [0.4, 0.5) is 0 Å². The molecule has 0 bridgehead atoms. The molecule has 4 heteroatoms. The van der Waals surface area contributed by atoms with Crippen LogP contribution in [-0.4, -0.2) is 27.3 Å². The van der Waals surface area contributed by atoms with Crippen molar-refractivity contribution in [2.24, 2.45) is 5.73 Å². The highest BCUT2D eigenvalue weighted by atomic mass is 16.2. The van der Waals surface area contributed by atoms with Crippen LogP contribution in [0.3, 0.4) is 0 Å². The molecule has 0 saturated carbocycles. The van der Waals surface area contributed by atoms with Crippen molar-refractivity contribution in [1.29, 1.82) is 0 Å². The Morgan fingerprint density at radius 2 is 2.50 bits per heavy atom. The molecule has 1 aromatic rings. The molecule has 1 aliphatic rings. The number of rotatable bonds is 3. The highest BCUT2D eigenvalue weighted by Crippen LogP contribution is 2.14. The van der Waals surface area contributed by atoms with Crippen LogP contribution in [0.5, 0.6) is 0 Å². The number of nitrogens with zero attached hydrogens (tertiary/aromatic N) is 2. The SMILES string of the molecule is NC1CCc2nc(CCCO)cn2C1. The first kappa shape index (κ1) is 9.68. The molecule has 1 atom stereocenters. The highest BCUT2D eigenvalue weighted by molar-refractivity contribution is 5.07. The molecule has 0 radical (unpaired) electrons. The van der Waals surface area contributed by atoms with E-state index in [4.69, 9.17) is 10.8 Å². The molecule has 78 valence electrons. The first-order valence-electron chi connectivity index (χ1n) is 5.21. The molecule has 0 aliphatic carbocycles. The van der Waals surface area contributed by atoms with Gasteiger partial charge in [-0.1, -0.05) is 0 Å². The molecular formula is C10H17N3O. The van der Waals surface area contributed by atoms with Crippen molar-refractivity contribution in [1.82, 2.24) is 9.55 Å². The van der Waals surface area contributed by atoms with Gasteiger partial charge in [-0.3, -0.25) is 0 Å². The van der Waals surface area contributed by atoms with Gasteiger partial charge in [-0.05, 0) is 19.3 Å². The van der Waals surface area contributed by atoms with Gasteiger partial charge in [0, 0.05) is 31.8 Å². The third-order valence-corrected chi connectivity index (χ3v) is 2.67. The van der Waals surface area contributed by atoms with E-state index in [2.05, 4.69) is 15.7 Å². The van der Waals surface area contributed by atoms with E-state index in [1.54, 1.807) is 0 Å². The molecule has 1 aromatic heterocycles. The van der Waals surface area contributed by atoms with Crippen molar-refractivity contribution in [3.05, 3.63) is 17.7 Å². The Kier molecular flexibility index (Phi) is 2.84. The molecule has 0 amide bonds. The van der Waals surface area contributed by atoms with Crippen molar-refractivity contribution in [2.45, 2.75) is 38.3 Å². The minimum Gasteiger partial charge on any atom is -0.396 e. The normalized spacial score (nSPS) is 20.9. The van der Waals surface area contributed by atoms with Crippen LogP contribution >= 0.6 is 0 Å². The standard InChI is InChI=1S/C10H17N3O/c11-8-3-4-10-12-9(2-1-5-14)7-13(10)6-8/h7-8,14H,1-6,11H2. The average Bonchev–Trinajstić information content (AvgIpc) is 2.56. The van der Waals surface area contributed by atoms with E-state index in [-0.39, 0.29) is 12.6 Å². The van der Waals surface area contributed by atoms with Gasteiger partial charge < -0.3 is 15.4 Å². The van der Waals surface area contributed by atoms with E-state index in [1.807, 2.05) is 0 Å². The number of aliphatic hydroxyl groups is 1. The lowest BCUT2D eigenvalue weighted by Crippen LogP contribution is -2.31. The Labute approximate surface area is 83.8 Å². The summed E-state index contributed by atoms with van der Waals surface area (Å²) in [5.74, 6) is 1.15. The fourth-order valence-electron chi connectivity index (χ4n) is 1.91. The average molecular weight is 195 g/mol. The van der Waals surface area contributed by atoms with Crippen molar-refractivity contribution in [2.75, 3.05) is 6.61 Å². The zero-order valence-corrected chi connectivity index (χ0v) is 8.32. The van der Waals surface area contributed by atoms with E-state index >= 15 is 0 Å². The quantitative estimate of drug-likeness (QED) is 0.718. The van der Waals surface area contributed by atoms with Gasteiger partial charge in [0.05, 0.1) is 5.69 Å². The number of fused-ring (bicyclic) bond motifs is 1. The molecule has 0 aromatic carbocycles. The third kappa shape index (κ3) is 1.96. The molecular weight excluding hydrogens is 178 g/mol. The van der Waals surface area contributed by atoms with E-state index in [9.17, 15) is 0 Å². The zero-order valence-electron chi connectivity index (χ0n) is 8.32. The van der Waals surface area contributed by atoms with E-state index in [0.717, 1.165) is 43.7 Å². The largest absolute Gasteiger partial charge is 0.396 e. The summed E-state index contributed by atoms with van der Waals surface area (Å²) >= 11 is 0. The molecule has 14 heavy (non-hydrogen) atoms. The molecule has 0 saturated heterocycles. The maximum Gasteiger partial charge on any atom is 0.109 e. The predicted molar refractivity (Wildman–Crippen MR) is 53.9 cm³/mol. The van der Waals surface area contributed by atoms with E-state index in [0.29, 0.717) is 0 Å². The lowest BCUT2D eigenvalue weighted by molar-refractivity contribution is 0.288. The van der Waals surface area contributed by atoms with Gasteiger partial charge in [-0.15, -0.1) is 0 Å². The summed E-state index contributed by atoms with van der Waals surface area (Å²) in [6.07, 6.45) is 5.76. The lowest BCUT2D eigenvalue weighted by atomic mass is 10.1. The lowest BCUT2D eigenvalue weighted by Gasteiger charge is -2.19. The number of imidazole rings is 1. The van der Waals surface area contributed by atoms with Crippen molar-refractivity contribution >= 4 is 0 Å². The molecule has 3 N–H and O–H groups in total. The first-order chi connectivity index (χ1) is 6.79. The monoisotopic (exact) mass is 195 g/mol. The van der Waals surface area contributed by atoms with Crippen LogP contribution < -0.4 is 5.73 Å². The van der Waals surface area contributed by atoms with Crippen LogP contribution in [0.2, 0.25) is 0 Å². The van der Waals surface area contributed by atoms with Crippen LogP contribution in [-0.2, 0) is 19.4 Å². The first-order valence-corrected chi connectivity index (χ1v) is 5.21. The van der Waals surface area contributed by atoms with Gasteiger partial charge >= 0.3 is 0 Å². The maximum atomic E-state index is 8.72. The number of hydrogen-bond donors (Lipinski definition) is 2. The van der Waals surface area contributed by atoms with Crippen molar-refractivity contribution < 1.29 is 5.11 Å². The van der Waals surface area contributed by atoms with Gasteiger partial charge in [-0.25, -0.2) is 4.98 Å². The third-order valence-electron chi connectivity index (χ3n) is 2.67. The number of aromatic nitrogens is 2. The number of nitrogens with two attached hydrogens (primary N) is 1. The number of aryl methyl sites for hydroxylation is 2. The summed E-state index contributed by atoms with van der Waals surface area (Å²) in [5.41, 5.74) is 6.96. The second kappa shape index (κ2) is 4.11. The molecule has 1 aliphatic heterocycles. The molecule has 0 spiro atoms. The minimum atomic E-state index is 0.238. The molecule has 2 heterocycles. The summed E-state index contributed by atoms with van der Waals surface area (Å²) in [6, 6.07) is 0.280. The Morgan fingerprint density at radius 3 is 3.29 bits per heavy atom. The van der Waals surface area contributed by atoms with Crippen LogP contribution in [0.25, 0.3) is 0 Å². The summed E-state index contributed by atoms with van der Waals surface area (Å²) in [5, 5.41) is 8.72. The predicted octanol–water partition coefficient (Wildman–Crippen LogP) is 0.0815. The zero-order chi connectivity index (χ0) is 9.97. The molecule has 0 fully saturated rings. The van der Waals surface area contributed by atoms with Gasteiger partial charge in [0.1, 0.15) is 5.82 Å². The summed E-state index contributed by atoms with van der Waals surface area (Å²) in [4.78, 5) is 4.52. The van der Waals surface area contributed by atoms with Crippen molar-refractivity contribution in [3.63, 3.8) is 0 Å². The van der Waals surface area contributed by atoms with Gasteiger partial charge in [0.2, 0.25) is 0 Å². The van der Waals surface area contributed by atoms with Crippen LogP contribution in [0.1, 0.15) is 24.4 Å². The summed E-state index contributed by atoms with van der Waals surface area (Å²) in [7, 11) is 0. The minimum absolute atomic E-state index is 0.238. The second-order valence-electron chi connectivity index (χ2n) is 3.93. The topological polar surface area (TPSA) is 64.1 Å². The maximum absolute atomic E-state index is 8.72. The fraction of sp³-hybridized carbons (Fsp3) is 0.700. The van der Waals surface area contributed by atoms with Gasteiger partial charge in [0.15, 0.2) is 0 Å². The Morgan fingerprint density at radius 1 is 1.64 bits per heavy atom. The summed E-state index contributed by atoms with van der Waals surface area (Å²) in [6.45, 7) is 1.13. The Hall–Kier alpha value is -0.870. The Bertz CT molecular complexity index is 308. The van der Waals surface area contributed by atoms with Crippen molar-refractivity contribution in [3.8, 4) is 0 Å². The second-order valence-corrected chi connectivity index (χ2v) is 3.93. The molecule has 1 unspecified atom stereocenters. The van der Waals surface area contributed by atoms with Gasteiger partial charge in [0.25, 0.3) is 0 Å². The molecule has 4 nitrogen and oxygen atoms in total. The fourth-order valence-corrected chi connectivity index (χ4v) is 1.91. The van der Waals surface area contributed by atoms with E-state index < -0.39 is 0 Å². The Balaban J connectivity index is 2.07. The summed E-state index contributed by atoms with van der Waals surface area (Å²) < 4.78 is 2.15.